The minimum Gasteiger partial charge on any atom is -0.296 e. The first-order valence-corrected chi connectivity index (χ1v) is 10.1. The molecule has 4 heterocycles. The molecule has 4 aromatic rings. The van der Waals surface area contributed by atoms with Crippen LogP contribution in [0.25, 0.3) is 26.2 Å². The van der Waals surface area contributed by atoms with Crippen LogP contribution < -0.4 is 11.0 Å². The molecule has 0 aliphatic carbocycles. The molecule has 6 nitrogen and oxygen atoms in total. The van der Waals surface area contributed by atoms with E-state index in [0.29, 0.717) is 20.8 Å². The molecule has 9 heteroatoms. The number of aryl methyl sites for hydroxylation is 1. The monoisotopic (exact) mass is 397 g/mol. The van der Waals surface area contributed by atoms with Crippen LogP contribution in [0.15, 0.2) is 45.6 Å². The maximum atomic E-state index is 12.9. The number of hydrogen-bond donors (Lipinski definition) is 1. The van der Waals surface area contributed by atoms with E-state index in [1.807, 2.05) is 35.2 Å². The summed E-state index contributed by atoms with van der Waals surface area (Å²) in [6.07, 6.45) is 2.91. The van der Waals surface area contributed by atoms with Crippen LogP contribution in [0.5, 0.6) is 0 Å². The van der Waals surface area contributed by atoms with Crippen LogP contribution in [0.1, 0.15) is 10.7 Å². The van der Waals surface area contributed by atoms with E-state index in [9.17, 15) is 10.1 Å². The molecular weight excluding hydrogens is 386 g/mol. The molecule has 0 amide bonds. The van der Waals surface area contributed by atoms with Crippen molar-refractivity contribution < 1.29 is 0 Å². The average molecular weight is 398 g/mol. The number of rotatable bonds is 4. The SMILES string of the molecule is Cc1csc(/C(C#N)=C/Nn2cnc3scc(-c4cccs4)c3c2=O)n1. The zero-order valence-corrected chi connectivity index (χ0v) is 15.9. The smallest absolute Gasteiger partial charge is 0.281 e. The van der Waals surface area contributed by atoms with Crippen molar-refractivity contribution in [2.75, 3.05) is 5.43 Å². The second kappa shape index (κ2) is 6.84. The molecule has 0 saturated heterocycles. The van der Waals surface area contributed by atoms with Crippen molar-refractivity contribution >= 4 is 49.8 Å². The first-order chi connectivity index (χ1) is 12.7. The van der Waals surface area contributed by atoms with E-state index in [1.54, 1.807) is 11.3 Å². The number of nitrogens with zero attached hydrogens (tertiary/aromatic N) is 4. The van der Waals surface area contributed by atoms with Crippen molar-refractivity contribution in [1.29, 1.82) is 5.26 Å². The molecule has 128 valence electrons. The molecular formula is C17H11N5OS3. The Hall–Kier alpha value is -2.80. The molecule has 0 atom stereocenters. The number of aromatic nitrogens is 3. The number of fused-ring (bicyclic) bond motifs is 1. The molecule has 0 aliphatic rings. The topological polar surface area (TPSA) is 83.6 Å². The molecule has 0 aromatic carbocycles. The van der Waals surface area contributed by atoms with Gasteiger partial charge in [0, 0.05) is 33.1 Å². The summed E-state index contributed by atoms with van der Waals surface area (Å²) in [6.45, 7) is 1.87. The normalized spacial score (nSPS) is 11.6. The van der Waals surface area contributed by atoms with Crippen molar-refractivity contribution in [2.45, 2.75) is 6.92 Å². The highest BCUT2D eigenvalue weighted by atomic mass is 32.1. The highest BCUT2D eigenvalue weighted by Gasteiger charge is 2.14. The Kier molecular flexibility index (Phi) is 4.38. The number of hydrogen-bond acceptors (Lipinski definition) is 8. The molecule has 0 spiro atoms. The molecule has 26 heavy (non-hydrogen) atoms. The predicted octanol–water partition coefficient (Wildman–Crippen LogP) is 4.06. The van der Waals surface area contributed by atoms with Gasteiger partial charge in [0.25, 0.3) is 5.56 Å². The fourth-order valence-corrected chi connectivity index (χ4v) is 4.88. The Morgan fingerprint density at radius 3 is 2.92 bits per heavy atom. The zero-order valence-electron chi connectivity index (χ0n) is 13.5. The van der Waals surface area contributed by atoms with E-state index in [2.05, 4.69) is 21.5 Å². The van der Waals surface area contributed by atoms with Gasteiger partial charge in [-0.1, -0.05) is 6.07 Å². The van der Waals surface area contributed by atoms with Gasteiger partial charge in [-0.05, 0) is 18.4 Å². The third-order valence-electron chi connectivity index (χ3n) is 3.60. The van der Waals surface area contributed by atoms with E-state index in [-0.39, 0.29) is 5.56 Å². The van der Waals surface area contributed by atoms with Gasteiger partial charge in [-0.2, -0.15) is 5.26 Å². The quantitative estimate of drug-likeness (QED) is 0.525. The summed E-state index contributed by atoms with van der Waals surface area (Å²) in [5, 5.41) is 16.3. The van der Waals surface area contributed by atoms with E-state index in [0.717, 1.165) is 16.1 Å². The molecule has 1 N–H and O–H groups in total. The second-order valence-electron chi connectivity index (χ2n) is 5.32. The van der Waals surface area contributed by atoms with Gasteiger partial charge in [0.1, 0.15) is 27.8 Å². The maximum absolute atomic E-state index is 12.9. The average Bonchev–Trinajstić information content (AvgIpc) is 3.37. The summed E-state index contributed by atoms with van der Waals surface area (Å²) in [5.41, 5.74) is 4.75. The van der Waals surface area contributed by atoms with Gasteiger partial charge in [0.15, 0.2) is 0 Å². The van der Waals surface area contributed by atoms with E-state index in [4.69, 9.17) is 0 Å². The molecule has 0 radical (unpaired) electrons. The molecule has 0 saturated carbocycles. The lowest BCUT2D eigenvalue weighted by atomic mass is 10.2. The number of allylic oxidation sites excluding steroid dienone is 1. The molecule has 4 rings (SSSR count). The number of nitrogens with one attached hydrogen (secondary N) is 1. The van der Waals surface area contributed by atoms with Crippen LogP contribution in [0.2, 0.25) is 0 Å². The predicted molar refractivity (Wildman–Crippen MR) is 107 cm³/mol. The molecule has 0 fully saturated rings. The van der Waals surface area contributed by atoms with Gasteiger partial charge in [-0.25, -0.2) is 14.6 Å². The van der Waals surface area contributed by atoms with Gasteiger partial charge in [-0.15, -0.1) is 34.0 Å². The highest BCUT2D eigenvalue weighted by molar-refractivity contribution is 7.18. The van der Waals surface area contributed by atoms with Gasteiger partial charge in [-0.3, -0.25) is 10.2 Å². The molecule has 0 bridgehead atoms. The van der Waals surface area contributed by atoms with Crippen LogP contribution in [-0.4, -0.2) is 14.6 Å². The first-order valence-electron chi connectivity index (χ1n) is 7.49. The van der Waals surface area contributed by atoms with Crippen LogP contribution in [0.4, 0.5) is 0 Å². The van der Waals surface area contributed by atoms with Crippen molar-refractivity contribution in [3.8, 4) is 16.5 Å². The van der Waals surface area contributed by atoms with Gasteiger partial charge >= 0.3 is 0 Å². The van der Waals surface area contributed by atoms with Crippen LogP contribution >= 0.6 is 34.0 Å². The minimum atomic E-state index is -0.205. The number of thiophene rings is 2. The summed E-state index contributed by atoms with van der Waals surface area (Å²) in [6, 6.07) is 6.04. The Labute approximate surface area is 160 Å². The standard InChI is InChI=1S/C17H11N5OS3/c1-10-7-25-15(21-10)11(5-18)6-20-22-9-19-16-14(17(22)23)12(8-26-16)13-3-2-4-24-13/h2-4,6-9,20H,1H3/b11-6+. The lowest BCUT2D eigenvalue weighted by Crippen LogP contribution is -2.26. The Morgan fingerprint density at radius 2 is 2.23 bits per heavy atom. The first kappa shape index (κ1) is 16.7. The summed E-state index contributed by atoms with van der Waals surface area (Å²) < 4.78 is 1.28. The largest absolute Gasteiger partial charge is 0.296 e. The van der Waals surface area contributed by atoms with E-state index >= 15 is 0 Å². The van der Waals surface area contributed by atoms with Crippen LogP contribution in [0, 0.1) is 18.3 Å². The number of thiazole rings is 1. The minimum absolute atomic E-state index is 0.205. The van der Waals surface area contributed by atoms with Crippen LogP contribution in [0.3, 0.4) is 0 Å². The van der Waals surface area contributed by atoms with E-state index < -0.39 is 0 Å². The van der Waals surface area contributed by atoms with Crippen molar-refractivity contribution in [1.82, 2.24) is 14.6 Å². The lowest BCUT2D eigenvalue weighted by Gasteiger charge is -2.05. The highest BCUT2D eigenvalue weighted by Crippen LogP contribution is 2.33. The van der Waals surface area contributed by atoms with Crippen LogP contribution in [-0.2, 0) is 0 Å². The molecule has 0 aliphatic heterocycles. The molecule has 0 unspecified atom stereocenters. The fourth-order valence-electron chi connectivity index (χ4n) is 2.39. The second-order valence-corrected chi connectivity index (χ2v) is 7.98. The summed E-state index contributed by atoms with van der Waals surface area (Å²) in [4.78, 5) is 23.3. The lowest BCUT2D eigenvalue weighted by molar-refractivity contribution is 0.879. The van der Waals surface area contributed by atoms with Gasteiger partial charge in [0.05, 0.1) is 5.39 Å². The van der Waals surface area contributed by atoms with Gasteiger partial charge < -0.3 is 0 Å². The van der Waals surface area contributed by atoms with Gasteiger partial charge in [0.2, 0.25) is 0 Å². The third kappa shape index (κ3) is 2.94. The molecule has 4 aromatic heterocycles. The summed E-state index contributed by atoms with van der Waals surface area (Å²) in [5.74, 6) is 0. The number of nitriles is 1. The zero-order chi connectivity index (χ0) is 18.1. The summed E-state index contributed by atoms with van der Waals surface area (Å²) in [7, 11) is 0. The summed E-state index contributed by atoms with van der Waals surface area (Å²) >= 11 is 4.41. The fraction of sp³-hybridized carbons (Fsp3) is 0.0588. The third-order valence-corrected chi connectivity index (χ3v) is 6.38. The Balaban J connectivity index is 1.75. The van der Waals surface area contributed by atoms with E-state index in [1.165, 1.54) is 39.9 Å². The Bertz CT molecular complexity index is 1210. The van der Waals surface area contributed by atoms with Crippen molar-refractivity contribution in [2.24, 2.45) is 0 Å². The van der Waals surface area contributed by atoms with Crippen molar-refractivity contribution in [3.05, 3.63) is 61.9 Å². The Morgan fingerprint density at radius 1 is 1.35 bits per heavy atom. The maximum Gasteiger partial charge on any atom is 0.281 e. The van der Waals surface area contributed by atoms with Crippen molar-refractivity contribution in [3.63, 3.8) is 0 Å².